The molecule has 0 radical (unpaired) electrons. The van der Waals surface area contributed by atoms with Gasteiger partial charge in [-0.15, -0.1) is 0 Å². The van der Waals surface area contributed by atoms with Gasteiger partial charge in [-0.2, -0.15) is 0 Å². The summed E-state index contributed by atoms with van der Waals surface area (Å²) in [7, 11) is 0. The molecule has 2 heterocycles. The second kappa shape index (κ2) is 3.79. The van der Waals surface area contributed by atoms with Gasteiger partial charge in [0, 0.05) is 12.5 Å². The highest BCUT2D eigenvalue weighted by Crippen LogP contribution is 2.22. The van der Waals surface area contributed by atoms with Gasteiger partial charge in [-0.3, -0.25) is 0 Å². The maximum Gasteiger partial charge on any atom is 0.373 e. The number of carboxylic acid groups (broad SMARTS) is 1. The molecule has 14 heavy (non-hydrogen) atoms. The van der Waals surface area contributed by atoms with E-state index >= 15 is 0 Å². The number of carbonyl (C=O) groups is 1. The summed E-state index contributed by atoms with van der Waals surface area (Å²) >= 11 is 0. The van der Waals surface area contributed by atoms with Gasteiger partial charge < -0.3 is 14.8 Å². The van der Waals surface area contributed by atoms with Crippen LogP contribution in [-0.2, 0) is 0 Å². The maximum atomic E-state index is 10.5. The van der Waals surface area contributed by atoms with Crippen LogP contribution in [-0.4, -0.2) is 29.1 Å². The molecule has 0 spiro atoms. The second-order valence-electron chi connectivity index (χ2n) is 3.41. The van der Waals surface area contributed by atoms with Crippen LogP contribution >= 0.6 is 0 Å². The van der Waals surface area contributed by atoms with Crippen LogP contribution in [0.4, 0.5) is 0 Å². The lowest BCUT2D eigenvalue weighted by Crippen LogP contribution is -2.28. The molecule has 1 aromatic heterocycles. The van der Waals surface area contributed by atoms with Crippen LogP contribution in [0, 0.1) is 0 Å². The average Bonchev–Trinajstić information content (AvgIpc) is 2.68. The van der Waals surface area contributed by atoms with E-state index in [0.29, 0.717) is 5.89 Å². The Morgan fingerprint density at radius 1 is 1.71 bits per heavy atom. The Morgan fingerprint density at radius 2 is 2.57 bits per heavy atom. The molecule has 76 valence electrons. The van der Waals surface area contributed by atoms with Gasteiger partial charge in [-0.1, -0.05) is 0 Å². The molecule has 2 rings (SSSR count). The third-order valence-electron chi connectivity index (χ3n) is 2.38. The van der Waals surface area contributed by atoms with Gasteiger partial charge in [0.05, 0.1) is 6.20 Å². The first-order valence-electron chi connectivity index (χ1n) is 4.67. The Balaban J connectivity index is 2.11. The Morgan fingerprint density at radius 3 is 3.14 bits per heavy atom. The zero-order valence-corrected chi connectivity index (χ0v) is 7.69. The SMILES string of the molecule is O=C(O)c1cnc(C2CCCNC2)o1. The highest BCUT2D eigenvalue weighted by Gasteiger charge is 2.21. The van der Waals surface area contributed by atoms with Crippen molar-refractivity contribution in [1.29, 1.82) is 0 Å². The van der Waals surface area contributed by atoms with E-state index in [4.69, 9.17) is 9.52 Å². The number of carboxylic acids is 1. The van der Waals surface area contributed by atoms with Crippen molar-refractivity contribution >= 4 is 5.97 Å². The van der Waals surface area contributed by atoms with E-state index in [1.807, 2.05) is 0 Å². The van der Waals surface area contributed by atoms with Gasteiger partial charge >= 0.3 is 5.97 Å². The van der Waals surface area contributed by atoms with E-state index in [2.05, 4.69) is 10.3 Å². The Labute approximate surface area is 81.1 Å². The Bertz CT molecular complexity index is 329. The third-order valence-corrected chi connectivity index (χ3v) is 2.38. The number of hydrogen-bond donors (Lipinski definition) is 2. The van der Waals surface area contributed by atoms with Crippen LogP contribution in [0.25, 0.3) is 0 Å². The second-order valence-corrected chi connectivity index (χ2v) is 3.41. The summed E-state index contributed by atoms with van der Waals surface area (Å²) in [4.78, 5) is 14.5. The fourth-order valence-electron chi connectivity index (χ4n) is 1.64. The smallest absolute Gasteiger partial charge is 0.373 e. The van der Waals surface area contributed by atoms with Crippen molar-refractivity contribution in [3.63, 3.8) is 0 Å². The zero-order chi connectivity index (χ0) is 9.97. The molecule has 0 bridgehead atoms. The molecule has 5 heteroatoms. The third kappa shape index (κ3) is 1.77. The molecule has 1 aliphatic heterocycles. The minimum atomic E-state index is -1.06. The van der Waals surface area contributed by atoms with Gasteiger partial charge in [0.1, 0.15) is 0 Å². The molecule has 0 saturated carbocycles. The van der Waals surface area contributed by atoms with Gasteiger partial charge in [0.2, 0.25) is 5.76 Å². The first-order valence-corrected chi connectivity index (χ1v) is 4.67. The summed E-state index contributed by atoms with van der Waals surface area (Å²) in [6, 6.07) is 0. The summed E-state index contributed by atoms with van der Waals surface area (Å²) in [6.45, 7) is 1.84. The molecular weight excluding hydrogens is 184 g/mol. The van der Waals surface area contributed by atoms with E-state index in [1.54, 1.807) is 0 Å². The number of aromatic carboxylic acids is 1. The molecule has 1 fully saturated rings. The first kappa shape index (κ1) is 9.21. The summed E-state index contributed by atoms with van der Waals surface area (Å²) in [5, 5.41) is 11.9. The van der Waals surface area contributed by atoms with Gasteiger partial charge in [-0.25, -0.2) is 9.78 Å². The minimum Gasteiger partial charge on any atom is -0.475 e. The first-order chi connectivity index (χ1) is 6.77. The molecule has 0 aromatic carbocycles. The minimum absolute atomic E-state index is 0.0782. The molecular formula is C9H12N2O3. The van der Waals surface area contributed by atoms with Crippen molar-refractivity contribution in [3.05, 3.63) is 17.8 Å². The number of hydrogen-bond acceptors (Lipinski definition) is 4. The summed E-state index contributed by atoms with van der Waals surface area (Å²) < 4.78 is 5.13. The monoisotopic (exact) mass is 196 g/mol. The largest absolute Gasteiger partial charge is 0.475 e. The van der Waals surface area contributed by atoms with Crippen LogP contribution in [0.2, 0.25) is 0 Å². The average molecular weight is 196 g/mol. The van der Waals surface area contributed by atoms with Crippen LogP contribution < -0.4 is 5.32 Å². The lowest BCUT2D eigenvalue weighted by atomic mass is 10.00. The lowest BCUT2D eigenvalue weighted by Gasteiger charge is -2.19. The molecule has 0 amide bonds. The molecule has 0 aliphatic carbocycles. The quantitative estimate of drug-likeness (QED) is 0.733. The van der Waals surface area contributed by atoms with Crippen LogP contribution in [0.1, 0.15) is 35.2 Å². The van der Waals surface area contributed by atoms with Gasteiger partial charge in [0.15, 0.2) is 5.89 Å². The molecule has 1 saturated heterocycles. The van der Waals surface area contributed by atoms with Crippen LogP contribution in [0.15, 0.2) is 10.6 Å². The highest BCUT2D eigenvalue weighted by atomic mass is 16.4. The lowest BCUT2D eigenvalue weighted by molar-refractivity contribution is 0.0659. The standard InChI is InChI=1S/C9H12N2O3/c12-9(13)7-5-11-8(14-7)6-2-1-3-10-4-6/h5-6,10H,1-4H2,(H,12,13). The van der Waals surface area contributed by atoms with Crippen LogP contribution in [0.5, 0.6) is 0 Å². The van der Waals surface area contributed by atoms with Crippen molar-refractivity contribution in [3.8, 4) is 0 Å². The van der Waals surface area contributed by atoms with E-state index in [-0.39, 0.29) is 11.7 Å². The topological polar surface area (TPSA) is 75.4 Å². The van der Waals surface area contributed by atoms with Crippen LogP contribution in [0.3, 0.4) is 0 Å². The molecule has 1 atom stereocenters. The number of rotatable bonds is 2. The van der Waals surface area contributed by atoms with Crippen molar-refractivity contribution in [2.75, 3.05) is 13.1 Å². The van der Waals surface area contributed by atoms with Crippen molar-refractivity contribution in [2.24, 2.45) is 0 Å². The highest BCUT2D eigenvalue weighted by molar-refractivity contribution is 5.83. The molecule has 5 nitrogen and oxygen atoms in total. The summed E-state index contributed by atoms with van der Waals surface area (Å²) in [5.41, 5.74) is 0. The molecule has 2 N–H and O–H groups in total. The van der Waals surface area contributed by atoms with E-state index in [9.17, 15) is 4.79 Å². The number of nitrogens with one attached hydrogen (secondary N) is 1. The normalized spacial score (nSPS) is 22.1. The molecule has 1 aromatic rings. The maximum absolute atomic E-state index is 10.5. The Kier molecular flexibility index (Phi) is 2.49. The summed E-state index contributed by atoms with van der Waals surface area (Å²) in [5.74, 6) is -0.385. The van der Waals surface area contributed by atoms with Crippen molar-refractivity contribution in [2.45, 2.75) is 18.8 Å². The number of piperidine rings is 1. The molecule has 1 unspecified atom stereocenters. The van der Waals surface area contributed by atoms with Crippen molar-refractivity contribution in [1.82, 2.24) is 10.3 Å². The van der Waals surface area contributed by atoms with Gasteiger partial charge in [-0.05, 0) is 19.4 Å². The zero-order valence-electron chi connectivity index (χ0n) is 7.69. The number of oxazole rings is 1. The fraction of sp³-hybridized carbons (Fsp3) is 0.556. The van der Waals surface area contributed by atoms with E-state index < -0.39 is 5.97 Å². The Hall–Kier alpha value is -1.36. The van der Waals surface area contributed by atoms with Gasteiger partial charge in [0.25, 0.3) is 0 Å². The van der Waals surface area contributed by atoms with E-state index in [1.165, 1.54) is 6.20 Å². The van der Waals surface area contributed by atoms with Crippen molar-refractivity contribution < 1.29 is 14.3 Å². The number of aromatic nitrogens is 1. The molecule has 1 aliphatic rings. The summed E-state index contributed by atoms with van der Waals surface area (Å²) in [6.07, 6.45) is 3.36. The fourth-order valence-corrected chi connectivity index (χ4v) is 1.64. The predicted octanol–water partition coefficient (Wildman–Crippen LogP) is 0.840. The number of nitrogens with zero attached hydrogens (tertiary/aromatic N) is 1. The predicted molar refractivity (Wildman–Crippen MR) is 48.3 cm³/mol. The van der Waals surface area contributed by atoms with E-state index in [0.717, 1.165) is 25.9 Å².